The van der Waals surface area contributed by atoms with Crippen molar-refractivity contribution in [2.45, 2.75) is 30.5 Å². The highest BCUT2D eigenvalue weighted by atomic mass is 79.9. The van der Waals surface area contributed by atoms with Crippen LogP contribution in [-0.4, -0.2) is 16.6 Å². The number of hydrogen-bond donors (Lipinski definition) is 0. The van der Waals surface area contributed by atoms with Crippen LogP contribution in [0.25, 0.3) is 0 Å². The minimum absolute atomic E-state index is 0.132. The molecule has 0 saturated carbocycles. The molecule has 1 aromatic heterocycles. The largest absolute Gasteiger partial charge is 0.418 e. The molecule has 1 heterocycles. The van der Waals surface area contributed by atoms with Gasteiger partial charge in [0.15, 0.2) is 0 Å². The van der Waals surface area contributed by atoms with E-state index in [0.29, 0.717) is 6.42 Å². The van der Waals surface area contributed by atoms with Crippen LogP contribution in [0.2, 0.25) is 0 Å². The lowest BCUT2D eigenvalue weighted by Gasteiger charge is -2.09. The average molecular weight is 291 g/mol. The Hall–Kier alpha value is -0.660. The van der Waals surface area contributed by atoms with Crippen molar-refractivity contribution in [2.75, 3.05) is 0 Å². The van der Waals surface area contributed by atoms with Gasteiger partial charge in [-0.25, -0.2) is 8.78 Å². The molecule has 1 aromatic rings. The molecule has 8 heteroatoms. The van der Waals surface area contributed by atoms with E-state index < -0.39 is 23.1 Å². The van der Waals surface area contributed by atoms with Crippen molar-refractivity contribution in [1.82, 2.24) is 10.2 Å². The molecule has 0 aliphatic heterocycles. The Morgan fingerprint density at radius 3 is 2.47 bits per heavy atom. The summed E-state index contributed by atoms with van der Waals surface area (Å²) in [6.07, 6.45) is -3.34. The van der Waals surface area contributed by atoms with E-state index in [0.717, 1.165) is 0 Å². The van der Waals surface area contributed by atoms with Gasteiger partial charge in [0.25, 0.3) is 5.89 Å². The molecule has 15 heavy (non-hydrogen) atoms. The fraction of sp³-hybridized carbons (Fsp3) is 0.714. The van der Waals surface area contributed by atoms with Crippen molar-refractivity contribution < 1.29 is 22.0 Å². The van der Waals surface area contributed by atoms with E-state index in [1.54, 1.807) is 6.92 Å². The van der Waals surface area contributed by atoms with Gasteiger partial charge in [0.1, 0.15) is 0 Å². The molecule has 0 aliphatic rings. The summed E-state index contributed by atoms with van der Waals surface area (Å²) in [4.78, 5) is -0.410. The number of halogens is 5. The van der Waals surface area contributed by atoms with Gasteiger partial charge in [-0.3, -0.25) is 0 Å². The number of alkyl halides is 5. The van der Waals surface area contributed by atoms with Crippen LogP contribution in [-0.2, 0) is 5.92 Å². The molecular weight excluding hydrogens is 284 g/mol. The Morgan fingerprint density at radius 2 is 2.00 bits per heavy atom. The Labute approximate surface area is 91.0 Å². The second kappa shape index (κ2) is 4.46. The molecular formula is C7H7BrF4N2O. The summed E-state index contributed by atoms with van der Waals surface area (Å²) in [5.74, 6) is -5.88. The quantitative estimate of drug-likeness (QED) is 0.631. The van der Waals surface area contributed by atoms with Gasteiger partial charge in [-0.2, -0.15) is 8.78 Å². The van der Waals surface area contributed by atoms with Crippen molar-refractivity contribution in [3.05, 3.63) is 11.8 Å². The first-order chi connectivity index (χ1) is 6.89. The third kappa shape index (κ3) is 2.47. The second-order valence-electron chi connectivity index (χ2n) is 2.74. The molecule has 0 spiro atoms. The SMILES string of the molecule is CCC(Br)c1nnc(C(F)(F)C(F)F)o1. The van der Waals surface area contributed by atoms with E-state index in [9.17, 15) is 17.6 Å². The smallest absolute Gasteiger partial charge is 0.382 e. The number of nitrogens with zero attached hydrogens (tertiary/aromatic N) is 2. The van der Waals surface area contributed by atoms with E-state index in [1.165, 1.54) is 0 Å². The number of hydrogen-bond acceptors (Lipinski definition) is 3. The normalized spacial score (nSPS) is 14.6. The van der Waals surface area contributed by atoms with Crippen molar-refractivity contribution in [3.63, 3.8) is 0 Å². The Kier molecular flexibility index (Phi) is 3.69. The summed E-state index contributed by atoms with van der Waals surface area (Å²) in [5.41, 5.74) is 0. The molecule has 0 saturated heterocycles. The maximum atomic E-state index is 12.7. The fourth-order valence-corrected chi connectivity index (χ4v) is 0.949. The third-order valence-electron chi connectivity index (χ3n) is 1.63. The predicted molar refractivity (Wildman–Crippen MR) is 46.2 cm³/mol. The van der Waals surface area contributed by atoms with Crippen LogP contribution in [0.4, 0.5) is 17.6 Å². The standard InChI is InChI=1S/C7H7BrF4N2O/c1-2-3(8)4-13-14-6(15-4)7(11,12)5(9)10/h3,5H,2H2,1H3. The molecule has 0 aromatic carbocycles. The molecule has 1 unspecified atom stereocenters. The highest BCUT2D eigenvalue weighted by Crippen LogP contribution is 2.35. The zero-order chi connectivity index (χ0) is 11.6. The van der Waals surface area contributed by atoms with Gasteiger partial charge in [0, 0.05) is 0 Å². The molecule has 0 N–H and O–H groups in total. The summed E-state index contributed by atoms with van der Waals surface area (Å²) in [7, 11) is 0. The molecule has 0 radical (unpaired) electrons. The average Bonchev–Trinajstić information content (AvgIpc) is 2.65. The van der Waals surface area contributed by atoms with Crippen LogP contribution in [0.1, 0.15) is 30.0 Å². The van der Waals surface area contributed by atoms with E-state index in [2.05, 4.69) is 30.5 Å². The first-order valence-corrected chi connectivity index (χ1v) is 4.95. The maximum Gasteiger partial charge on any atom is 0.382 e. The van der Waals surface area contributed by atoms with Gasteiger partial charge in [0.2, 0.25) is 5.89 Å². The first-order valence-electron chi connectivity index (χ1n) is 4.03. The molecule has 1 atom stereocenters. The predicted octanol–water partition coefficient (Wildman–Crippen LogP) is 3.27. The highest BCUT2D eigenvalue weighted by molar-refractivity contribution is 9.09. The summed E-state index contributed by atoms with van der Waals surface area (Å²) < 4.78 is 53.7. The van der Waals surface area contributed by atoms with Gasteiger partial charge in [-0.05, 0) is 6.42 Å². The zero-order valence-corrected chi connectivity index (χ0v) is 9.14. The van der Waals surface area contributed by atoms with E-state index >= 15 is 0 Å². The molecule has 0 amide bonds. The first kappa shape index (κ1) is 12.4. The van der Waals surface area contributed by atoms with Crippen molar-refractivity contribution in [1.29, 1.82) is 0 Å². The second-order valence-corrected chi connectivity index (χ2v) is 3.85. The van der Waals surface area contributed by atoms with Gasteiger partial charge >= 0.3 is 12.3 Å². The van der Waals surface area contributed by atoms with Crippen molar-refractivity contribution in [3.8, 4) is 0 Å². The third-order valence-corrected chi connectivity index (χ3v) is 2.67. The monoisotopic (exact) mass is 290 g/mol. The van der Waals surface area contributed by atoms with Crippen LogP contribution in [0.15, 0.2) is 4.42 Å². The van der Waals surface area contributed by atoms with Crippen molar-refractivity contribution in [2.24, 2.45) is 0 Å². The van der Waals surface area contributed by atoms with Crippen LogP contribution in [0.5, 0.6) is 0 Å². The van der Waals surface area contributed by atoms with Gasteiger partial charge in [0.05, 0.1) is 4.83 Å². The summed E-state index contributed by atoms with van der Waals surface area (Å²) in [6.45, 7) is 1.74. The fourth-order valence-electron chi connectivity index (χ4n) is 0.764. The number of aromatic nitrogens is 2. The maximum absolute atomic E-state index is 12.7. The lowest BCUT2D eigenvalue weighted by atomic mass is 10.3. The van der Waals surface area contributed by atoms with Gasteiger partial charge in [-0.15, -0.1) is 10.2 Å². The van der Waals surface area contributed by atoms with E-state index in [1.807, 2.05) is 0 Å². The van der Waals surface area contributed by atoms with Gasteiger partial charge < -0.3 is 4.42 Å². The van der Waals surface area contributed by atoms with Crippen LogP contribution in [0.3, 0.4) is 0 Å². The van der Waals surface area contributed by atoms with Crippen LogP contribution in [0, 0.1) is 0 Å². The minimum Gasteiger partial charge on any atom is -0.418 e. The summed E-state index contributed by atoms with van der Waals surface area (Å²) in [5, 5.41) is 6.16. The van der Waals surface area contributed by atoms with Gasteiger partial charge in [-0.1, -0.05) is 22.9 Å². The molecule has 0 fully saturated rings. The Morgan fingerprint density at radius 1 is 1.40 bits per heavy atom. The van der Waals surface area contributed by atoms with Crippen LogP contribution < -0.4 is 0 Å². The molecule has 0 aliphatic carbocycles. The summed E-state index contributed by atoms with van der Waals surface area (Å²) >= 11 is 3.07. The lowest BCUT2D eigenvalue weighted by Crippen LogP contribution is -2.23. The highest BCUT2D eigenvalue weighted by Gasteiger charge is 2.48. The van der Waals surface area contributed by atoms with Crippen molar-refractivity contribution >= 4 is 15.9 Å². The Bertz CT molecular complexity index is 331. The van der Waals surface area contributed by atoms with E-state index in [-0.39, 0.29) is 5.89 Å². The van der Waals surface area contributed by atoms with Crippen LogP contribution >= 0.6 is 15.9 Å². The topological polar surface area (TPSA) is 38.9 Å². The summed E-state index contributed by atoms with van der Waals surface area (Å²) in [6, 6.07) is 0. The zero-order valence-electron chi connectivity index (χ0n) is 7.55. The number of rotatable bonds is 4. The van der Waals surface area contributed by atoms with E-state index in [4.69, 9.17) is 0 Å². The Balaban J connectivity index is 2.93. The molecule has 86 valence electrons. The molecule has 3 nitrogen and oxygen atoms in total. The molecule has 0 bridgehead atoms. The lowest BCUT2D eigenvalue weighted by molar-refractivity contribution is -0.151. The minimum atomic E-state index is -4.40. The molecule has 1 rings (SSSR count).